The first-order valence-corrected chi connectivity index (χ1v) is 5.75. The van der Waals surface area contributed by atoms with Gasteiger partial charge in [0.2, 0.25) is 0 Å². The van der Waals surface area contributed by atoms with Gasteiger partial charge in [-0.15, -0.1) is 0 Å². The molecule has 0 amide bonds. The molecule has 2 N–H and O–H groups in total. The highest BCUT2D eigenvalue weighted by Gasteiger charge is 2.03. The number of rotatable bonds is 5. The van der Waals surface area contributed by atoms with Gasteiger partial charge in [-0.05, 0) is 19.1 Å². The van der Waals surface area contributed by atoms with Gasteiger partial charge < -0.3 is 19.8 Å². The maximum absolute atomic E-state index is 5.86. The van der Waals surface area contributed by atoms with Crippen LogP contribution < -0.4 is 15.2 Å². The zero-order chi connectivity index (χ0) is 13.0. The number of hydrogen-bond donors (Lipinski definition) is 1. The number of aromatic nitrogens is 2. The van der Waals surface area contributed by atoms with Gasteiger partial charge in [0.25, 0.3) is 0 Å². The summed E-state index contributed by atoms with van der Waals surface area (Å²) in [4.78, 5) is 4.15. The molecule has 0 atom stereocenters. The summed E-state index contributed by atoms with van der Waals surface area (Å²) in [6.07, 6.45) is 3.70. The predicted molar refractivity (Wildman–Crippen MR) is 69.9 cm³/mol. The predicted octanol–water partition coefficient (Wildman–Crippen LogP) is 1.86. The van der Waals surface area contributed by atoms with Gasteiger partial charge in [0.15, 0.2) is 0 Å². The Kier molecular flexibility index (Phi) is 3.72. The van der Waals surface area contributed by atoms with Crippen molar-refractivity contribution in [1.29, 1.82) is 0 Å². The average Bonchev–Trinajstić information content (AvgIpc) is 2.77. The molecule has 5 heteroatoms. The number of nitrogens with two attached hydrogens (primary N) is 1. The van der Waals surface area contributed by atoms with Crippen LogP contribution in [-0.4, -0.2) is 23.3 Å². The molecule has 1 aromatic carbocycles. The molecule has 2 aromatic rings. The van der Waals surface area contributed by atoms with Gasteiger partial charge in [0, 0.05) is 18.5 Å². The molecule has 96 valence electrons. The van der Waals surface area contributed by atoms with Crippen LogP contribution in [0.5, 0.6) is 11.5 Å². The largest absolute Gasteiger partial charge is 0.497 e. The van der Waals surface area contributed by atoms with Gasteiger partial charge in [-0.1, -0.05) is 0 Å². The van der Waals surface area contributed by atoms with E-state index in [1.165, 1.54) is 0 Å². The third kappa shape index (κ3) is 2.74. The van der Waals surface area contributed by atoms with Crippen molar-refractivity contribution in [3.05, 3.63) is 36.4 Å². The SMILES string of the molecule is COc1ccc(OCCn2ccnc2C)c(N)c1. The molecule has 0 spiro atoms. The Hall–Kier alpha value is -2.17. The summed E-state index contributed by atoms with van der Waals surface area (Å²) < 4.78 is 12.7. The second kappa shape index (κ2) is 5.44. The molecule has 0 radical (unpaired) electrons. The molecule has 0 aliphatic carbocycles. The number of benzene rings is 1. The summed E-state index contributed by atoms with van der Waals surface area (Å²) in [5.41, 5.74) is 6.44. The van der Waals surface area contributed by atoms with Crippen molar-refractivity contribution in [2.45, 2.75) is 13.5 Å². The van der Waals surface area contributed by atoms with Crippen molar-refractivity contribution < 1.29 is 9.47 Å². The van der Waals surface area contributed by atoms with Crippen LogP contribution in [-0.2, 0) is 6.54 Å². The van der Waals surface area contributed by atoms with E-state index in [-0.39, 0.29) is 0 Å². The maximum Gasteiger partial charge on any atom is 0.142 e. The van der Waals surface area contributed by atoms with E-state index in [0.717, 1.165) is 18.1 Å². The Morgan fingerprint density at radius 2 is 2.22 bits per heavy atom. The van der Waals surface area contributed by atoms with E-state index in [4.69, 9.17) is 15.2 Å². The first-order chi connectivity index (χ1) is 8.70. The molecule has 0 bridgehead atoms. The number of aryl methyl sites for hydroxylation is 1. The first-order valence-electron chi connectivity index (χ1n) is 5.75. The Bertz CT molecular complexity index is 523. The fourth-order valence-electron chi connectivity index (χ4n) is 1.68. The zero-order valence-electron chi connectivity index (χ0n) is 10.6. The van der Waals surface area contributed by atoms with Gasteiger partial charge >= 0.3 is 0 Å². The highest BCUT2D eigenvalue weighted by Crippen LogP contribution is 2.26. The fraction of sp³-hybridized carbons (Fsp3) is 0.308. The van der Waals surface area contributed by atoms with Crippen LogP contribution >= 0.6 is 0 Å². The van der Waals surface area contributed by atoms with E-state index < -0.39 is 0 Å². The number of methoxy groups -OCH3 is 1. The molecule has 0 saturated carbocycles. The summed E-state index contributed by atoms with van der Waals surface area (Å²) >= 11 is 0. The van der Waals surface area contributed by atoms with Crippen LogP contribution in [0.4, 0.5) is 5.69 Å². The van der Waals surface area contributed by atoms with Crippen LogP contribution in [0.15, 0.2) is 30.6 Å². The maximum atomic E-state index is 5.86. The lowest BCUT2D eigenvalue weighted by Crippen LogP contribution is -2.09. The van der Waals surface area contributed by atoms with Crippen molar-refractivity contribution in [1.82, 2.24) is 9.55 Å². The number of anilines is 1. The van der Waals surface area contributed by atoms with Gasteiger partial charge in [0.1, 0.15) is 23.9 Å². The molecular formula is C13H17N3O2. The summed E-state index contributed by atoms with van der Waals surface area (Å²) in [6.45, 7) is 3.26. The van der Waals surface area contributed by atoms with Crippen LogP contribution in [0, 0.1) is 6.92 Å². The molecular weight excluding hydrogens is 230 g/mol. The Morgan fingerprint density at radius 1 is 1.39 bits per heavy atom. The Balaban J connectivity index is 1.92. The molecule has 0 aliphatic rings. The second-order valence-electron chi connectivity index (χ2n) is 3.92. The standard InChI is InChI=1S/C13H17N3O2/c1-10-15-5-6-16(10)7-8-18-13-4-3-11(17-2)9-12(13)14/h3-6,9H,7-8,14H2,1-2H3. The van der Waals surface area contributed by atoms with E-state index in [9.17, 15) is 0 Å². The summed E-state index contributed by atoms with van der Waals surface area (Å²) in [5, 5.41) is 0. The molecule has 2 rings (SSSR count). The van der Waals surface area contributed by atoms with Crippen molar-refractivity contribution in [3.8, 4) is 11.5 Å². The molecule has 0 saturated heterocycles. The number of nitrogen functional groups attached to an aromatic ring is 1. The average molecular weight is 247 g/mol. The van der Waals surface area contributed by atoms with Crippen molar-refractivity contribution in [3.63, 3.8) is 0 Å². The highest BCUT2D eigenvalue weighted by atomic mass is 16.5. The number of imidazole rings is 1. The minimum Gasteiger partial charge on any atom is -0.497 e. The highest BCUT2D eigenvalue weighted by molar-refractivity contribution is 5.56. The van der Waals surface area contributed by atoms with Crippen LogP contribution in [0.25, 0.3) is 0 Å². The lowest BCUT2D eigenvalue weighted by molar-refractivity contribution is 0.298. The summed E-state index contributed by atoms with van der Waals surface area (Å²) in [6, 6.07) is 5.39. The van der Waals surface area contributed by atoms with Crippen molar-refractivity contribution >= 4 is 5.69 Å². The summed E-state index contributed by atoms with van der Waals surface area (Å²) in [5.74, 6) is 2.38. The van der Waals surface area contributed by atoms with Gasteiger partial charge in [-0.2, -0.15) is 0 Å². The van der Waals surface area contributed by atoms with Gasteiger partial charge in [0.05, 0.1) is 19.3 Å². The fourth-order valence-corrected chi connectivity index (χ4v) is 1.68. The third-order valence-corrected chi connectivity index (χ3v) is 2.73. The van der Waals surface area contributed by atoms with Crippen LogP contribution in [0.1, 0.15) is 5.82 Å². The zero-order valence-corrected chi connectivity index (χ0v) is 10.6. The van der Waals surface area contributed by atoms with E-state index >= 15 is 0 Å². The quantitative estimate of drug-likeness (QED) is 0.819. The van der Waals surface area contributed by atoms with E-state index in [2.05, 4.69) is 4.98 Å². The lowest BCUT2D eigenvalue weighted by Gasteiger charge is -2.11. The molecule has 1 aromatic heterocycles. The topological polar surface area (TPSA) is 62.3 Å². The summed E-state index contributed by atoms with van der Waals surface area (Å²) in [7, 11) is 1.61. The Morgan fingerprint density at radius 3 is 2.83 bits per heavy atom. The van der Waals surface area contributed by atoms with E-state index in [1.54, 1.807) is 19.4 Å². The molecule has 0 unspecified atom stereocenters. The number of ether oxygens (including phenoxy) is 2. The van der Waals surface area contributed by atoms with Crippen LogP contribution in [0.2, 0.25) is 0 Å². The monoisotopic (exact) mass is 247 g/mol. The second-order valence-corrected chi connectivity index (χ2v) is 3.92. The normalized spacial score (nSPS) is 10.3. The van der Waals surface area contributed by atoms with Crippen molar-refractivity contribution in [2.24, 2.45) is 0 Å². The first kappa shape index (κ1) is 12.3. The minimum atomic E-state index is 0.549. The van der Waals surface area contributed by atoms with Crippen molar-refractivity contribution in [2.75, 3.05) is 19.5 Å². The molecule has 5 nitrogen and oxygen atoms in total. The van der Waals surface area contributed by atoms with Gasteiger partial charge in [-0.25, -0.2) is 4.98 Å². The number of nitrogens with zero attached hydrogens (tertiary/aromatic N) is 2. The molecule has 1 heterocycles. The molecule has 0 aliphatic heterocycles. The number of hydrogen-bond acceptors (Lipinski definition) is 4. The van der Waals surface area contributed by atoms with Crippen LogP contribution in [0.3, 0.4) is 0 Å². The molecule has 18 heavy (non-hydrogen) atoms. The molecule has 0 fully saturated rings. The minimum absolute atomic E-state index is 0.549. The third-order valence-electron chi connectivity index (χ3n) is 2.73. The van der Waals surface area contributed by atoms with E-state index in [1.807, 2.05) is 29.8 Å². The van der Waals surface area contributed by atoms with Gasteiger partial charge in [-0.3, -0.25) is 0 Å². The Labute approximate surface area is 106 Å². The lowest BCUT2D eigenvalue weighted by atomic mass is 10.3. The smallest absolute Gasteiger partial charge is 0.142 e. The van der Waals surface area contributed by atoms with E-state index in [0.29, 0.717) is 18.0 Å².